The van der Waals surface area contributed by atoms with Crippen LogP contribution in [0.3, 0.4) is 0 Å². The number of nitrogens with one attached hydrogen (secondary N) is 1. The van der Waals surface area contributed by atoms with E-state index in [4.69, 9.17) is 0 Å². The molecule has 1 N–H and O–H groups in total. The Balaban J connectivity index is 2.04. The highest BCUT2D eigenvalue weighted by Crippen LogP contribution is 2.27. The molecule has 2 rings (SSSR count). The topological polar surface area (TPSA) is 46.9 Å². The van der Waals surface area contributed by atoms with Crippen LogP contribution in [0.25, 0.3) is 0 Å². The quantitative estimate of drug-likeness (QED) is 0.870. The number of alkyl halides is 3. The lowest BCUT2D eigenvalue weighted by atomic mass is 9.97. The first-order valence-corrected chi connectivity index (χ1v) is 7.70. The monoisotopic (exact) mass is 339 g/mol. The van der Waals surface area contributed by atoms with Crippen LogP contribution in [-0.4, -0.2) is 15.7 Å². The van der Waals surface area contributed by atoms with E-state index < -0.39 is 11.9 Å². The summed E-state index contributed by atoms with van der Waals surface area (Å²) >= 11 is 0. The molecule has 7 heteroatoms. The van der Waals surface area contributed by atoms with E-state index in [0.717, 1.165) is 28.9 Å². The zero-order chi connectivity index (χ0) is 17.7. The molecule has 0 radical (unpaired) electrons. The van der Waals surface area contributed by atoms with Crippen molar-refractivity contribution in [2.45, 2.75) is 39.0 Å². The molecule has 1 aromatic heterocycles. The van der Waals surface area contributed by atoms with Gasteiger partial charge in [-0.15, -0.1) is 0 Å². The largest absolute Gasteiger partial charge is 0.435 e. The molecule has 1 amide bonds. The van der Waals surface area contributed by atoms with Crippen molar-refractivity contribution in [3.63, 3.8) is 0 Å². The minimum Gasteiger partial charge on any atom is -0.348 e. The standard InChI is InChI=1S/C17H20F3N3O/c1-12(2)10-14(13-6-4-3-5-7-13)21-16(24)11-23-9-8-15(22-23)17(18,19)20/h3-9,12,14H,10-11H2,1-2H3,(H,21,24). The third-order valence-corrected chi connectivity index (χ3v) is 3.48. The molecule has 1 aromatic carbocycles. The lowest BCUT2D eigenvalue weighted by molar-refractivity contribution is -0.141. The van der Waals surface area contributed by atoms with Crippen LogP contribution in [0.2, 0.25) is 0 Å². The molecule has 130 valence electrons. The molecule has 0 spiro atoms. The highest BCUT2D eigenvalue weighted by molar-refractivity contribution is 5.76. The van der Waals surface area contributed by atoms with E-state index >= 15 is 0 Å². The average Bonchev–Trinajstić information content (AvgIpc) is 2.95. The molecule has 0 aliphatic carbocycles. The Morgan fingerprint density at radius 3 is 2.42 bits per heavy atom. The zero-order valence-corrected chi connectivity index (χ0v) is 13.5. The van der Waals surface area contributed by atoms with Gasteiger partial charge < -0.3 is 5.32 Å². The van der Waals surface area contributed by atoms with E-state index in [2.05, 4.69) is 10.4 Å². The van der Waals surface area contributed by atoms with E-state index in [-0.39, 0.29) is 18.5 Å². The van der Waals surface area contributed by atoms with Crippen LogP contribution in [-0.2, 0) is 17.5 Å². The van der Waals surface area contributed by atoms with Crippen LogP contribution < -0.4 is 5.32 Å². The molecule has 0 fully saturated rings. The first kappa shape index (κ1) is 18.0. The van der Waals surface area contributed by atoms with Crippen LogP contribution in [0.1, 0.15) is 37.6 Å². The molecule has 24 heavy (non-hydrogen) atoms. The second-order valence-corrected chi connectivity index (χ2v) is 6.06. The van der Waals surface area contributed by atoms with Gasteiger partial charge in [-0.2, -0.15) is 18.3 Å². The summed E-state index contributed by atoms with van der Waals surface area (Å²) in [5.74, 6) is -0.0154. The number of rotatable bonds is 6. The molecular weight excluding hydrogens is 319 g/mol. The van der Waals surface area contributed by atoms with Gasteiger partial charge in [-0.3, -0.25) is 9.48 Å². The van der Waals surface area contributed by atoms with Crippen LogP contribution in [0.4, 0.5) is 13.2 Å². The van der Waals surface area contributed by atoms with E-state index in [0.29, 0.717) is 5.92 Å². The summed E-state index contributed by atoms with van der Waals surface area (Å²) in [5, 5.41) is 6.27. The Bertz CT molecular complexity index is 665. The molecule has 1 atom stereocenters. The summed E-state index contributed by atoms with van der Waals surface area (Å²) < 4.78 is 38.6. The van der Waals surface area contributed by atoms with Crippen LogP contribution in [0.5, 0.6) is 0 Å². The maximum atomic E-state index is 12.5. The van der Waals surface area contributed by atoms with Crippen molar-refractivity contribution < 1.29 is 18.0 Å². The van der Waals surface area contributed by atoms with E-state index in [1.54, 1.807) is 0 Å². The fourth-order valence-electron chi connectivity index (χ4n) is 2.42. The first-order chi connectivity index (χ1) is 11.3. The third kappa shape index (κ3) is 5.11. The molecule has 0 saturated heterocycles. The number of amides is 1. The minimum atomic E-state index is -4.51. The SMILES string of the molecule is CC(C)CC(NC(=O)Cn1ccc(C(F)(F)F)n1)c1ccccc1. The average molecular weight is 339 g/mol. The summed E-state index contributed by atoms with van der Waals surface area (Å²) in [7, 11) is 0. The van der Waals surface area contributed by atoms with Crippen LogP contribution in [0.15, 0.2) is 42.6 Å². The van der Waals surface area contributed by atoms with Gasteiger partial charge >= 0.3 is 6.18 Å². The fourth-order valence-corrected chi connectivity index (χ4v) is 2.42. The van der Waals surface area contributed by atoms with Crippen molar-refractivity contribution in [1.29, 1.82) is 0 Å². The second kappa shape index (κ2) is 7.51. The predicted molar refractivity (Wildman–Crippen MR) is 84.0 cm³/mol. The molecule has 1 heterocycles. The smallest absolute Gasteiger partial charge is 0.348 e. The molecule has 0 bridgehead atoms. The van der Waals surface area contributed by atoms with Crippen molar-refractivity contribution >= 4 is 5.91 Å². The van der Waals surface area contributed by atoms with Crippen LogP contribution >= 0.6 is 0 Å². The highest BCUT2D eigenvalue weighted by atomic mass is 19.4. The molecule has 0 aliphatic rings. The molecule has 4 nitrogen and oxygen atoms in total. The second-order valence-electron chi connectivity index (χ2n) is 6.06. The fraction of sp³-hybridized carbons (Fsp3) is 0.412. The van der Waals surface area contributed by atoms with Gasteiger partial charge in [0.1, 0.15) is 6.54 Å². The Morgan fingerprint density at radius 2 is 1.88 bits per heavy atom. The van der Waals surface area contributed by atoms with E-state index in [1.807, 2.05) is 44.2 Å². The summed E-state index contributed by atoms with van der Waals surface area (Å²) in [5.41, 5.74) is -0.0342. The van der Waals surface area contributed by atoms with Gasteiger partial charge in [0.25, 0.3) is 0 Å². The summed E-state index contributed by atoms with van der Waals surface area (Å²) in [6.45, 7) is 3.84. The van der Waals surface area contributed by atoms with Crippen molar-refractivity contribution in [3.8, 4) is 0 Å². The number of carbonyl (C=O) groups excluding carboxylic acids is 1. The summed E-state index contributed by atoms with van der Waals surface area (Å²) in [6, 6.07) is 10.2. The van der Waals surface area contributed by atoms with Gasteiger partial charge in [0.2, 0.25) is 5.91 Å². The maximum absolute atomic E-state index is 12.5. The number of aromatic nitrogens is 2. The number of carbonyl (C=O) groups is 1. The lowest BCUT2D eigenvalue weighted by Gasteiger charge is -2.21. The maximum Gasteiger partial charge on any atom is 0.435 e. The summed E-state index contributed by atoms with van der Waals surface area (Å²) in [6.07, 6.45) is -2.61. The Labute approximate surface area is 138 Å². The Morgan fingerprint density at radius 1 is 1.21 bits per heavy atom. The van der Waals surface area contributed by atoms with Gasteiger partial charge in [-0.25, -0.2) is 0 Å². The van der Waals surface area contributed by atoms with Gasteiger partial charge in [0, 0.05) is 6.20 Å². The van der Waals surface area contributed by atoms with Gasteiger partial charge in [-0.05, 0) is 24.0 Å². The number of hydrogen-bond acceptors (Lipinski definition) is 2. The molecule has 2 aromatic rings. The van der Waals surface area contributed by atoms with Crippen molar-refractivity contribution in [3.05, 3.63) is 53.9 Å². The molecule has 1 unspecified atom stereocenters. The number of halogens is 3. The van der Waals surface area contributed by atoms with E-state index in [9.17, 15) is 18.0 Å². The molecule has 0 aliphatic heterocycles. The third-order valence-electron chi connectivity index (χ3n) is 3.48. The number of hydrogen-bond donors (Lipinski definition) is 1. The Hall–Kier alpha value is -2.31. The van der Waals surface area contributed by atoms with Gasteiger partial charge in [0.15, 0.2) is 5.69 Å². The Kier molecular flexibility index (Phi) is 5.64. The normalized spacial score (nSPS) is 13.1. The van der Waals surface area contributed by atoms with Gasteiger partial charge in [0.05, 0.1) is 6.04 Å². The van der Waals surface area contributed by atoms with Crippen molar-refractivity contribution in [1.82, 2.24) is 15.1 Å². The first-order valence-electron chi connectivity index (χ1n) is 7.70. The van der Waals surface area contributed by atoms with Crippen molar-refractivity contribution in [2.75, 3.05) is 0 Å². The van der Waals surface area contributed by atoms with Crippen molar-refractivity contribution in [2.24, 2.45) is 5.92 Å². The van der Waals surface area contributed by atoms with Crippen LogP contribution in [0, 0.1) is 5.92 Å². The lowest BCUT2D eigenvalue weighted by Crippen LogP contribution is -2.32. The predicted octanol–water partition coefficient (Wildman–Crippen LogP) is 3.81. The van der Waals surface area contributed by atoms with Gasteiger partial charge in [-0.1, -0.05) is 44.2 Å². The molecular formula is C17H20F3N3O. The molecule has 0 saturated carbocycles. The highest BCUT2D eigenvalue weighted by Gasteiger charge is 2.33. The number of nitrogens with zero attached hydrogens (tertiary/aromatic N) is 2. The zero-order valence-electron chi connectivity index (χ0n) is 13.5. The number of benzene rings is 1. The minimum absolute atomic E-state index is 0.184. The van der Waals surface area contributed by atoms with E-state index in [1.165, 1.54) is 0 Å². The summed E-state index contributed by atoms with van der Waals surface area (Å²) in [4.78, 5) is 12.2.